The molecule has 0 spiro atoms. The highest BCUT2D eigenvalue weighted by atomic mass is 31.2. The first-order valence-electron chi connectivity index (χ1n) is 14.0. The smallest absolute Gasteiger partial charge is 0.419 e. The van der Waals surface area contributed by atoms with E-state index in [1.807, 2.05) is 6.07 Å². The molecule has 2 fully saturated rings. The quantitative estimate of drug-likeness (QED) is 0.0987. The van der Waals surface area contributed by atoms with Crippen molar-refractivity contribution in [3.05, 3.63) is 65.7 Å². The van der Waals surface area contributed by atoms with Crippen molar-refractivity contribution in [2.24, 2.45) is 5.92 Å². The van der Waals surface area contributed by atoms with Crippen molar-refractivity contribution in [3.63, 3.8) is 0 Å². The normalized spacial score (nSPS) is 24.7. The Kier molecular flexibility index (Phi) is 9.10. The van der Waals surface area contributed by atoms with Crippen LogP contribution in [0.2, 0.25) is 0 Å². The van der Waals surface area contributed by atoms with Gasteiger partial charge in [0.2, 0.25) is 0 Å². The van der Waals surface area contributed by atoms with Crippen LogP contribution < -0.4 is 25.2 Å². The van der Waals surface area contributed by atoms with Crippen LogP contribution in [-0.4, -0.2) is 50.3 Å². The monoisotopic (exact) mass is 625 g/mol. The van der Waals surface area contributed by atoms with Gasteiger partial charge in [0.25, 0.3) is 0 Å². The number of epoxide rings is 1. The van der Waals surface area contributed by atoms with Crippen LogP contribution in [0.4, 0.5) is 23.7 Å². The second-order valence-corrected chi connectivity index (χ2v) is 12.9. The fourth-order valence-electron chi connectivity index (χ4n) is 4.63. The van der Waals surface area contributed by atoms with Crippen LogP contribution in [0.5, 0.6) is 11.5 Å². The first-order valence-corrected chi connectivity index (χ1v) is 15.8. The maximum atomic E-state index is 14.4. The van der Waals surface area contributed by atoms with E-state index in [4.69, 9.17) is 23.3 Å². The van der Waals surface area contributed by atoms with Crippen LogP contribution in [-0.2, 0) is 24.1 Å². The summed E-state index contributed by atoms with van der Waals surface area (Å²) in [6.07, 6.45) is -2.11. The molecule has 2 aromatic rings. The number of carbonyl (C=O) groups excluding carboxylic acids is 1. The molecule has 4 atom stereocenters. The number of benzene rings is 2. The molecule has 43 heavy (non-hydrogen) atoms. The average molecular weight is 626 g/mol. The second-order valence-electron chi connectivity index (χ2n) is 10.9. The van der Waals surface area contributed by atoms with Crippen LogP contribution in [0.3, 0.4) is 0 Å². The van der Waals surface area contributed by atoms with Gasteiger partial charge >= 0.3 is 19.8 Å². The Bertz CT molecular complexity index is 1390. The molecule has 234 valence electrons. The number of hydrogen-bond acceptors (Lipinski definition) is 8. The molecule has 2 aromatic carbocycles. The van der Waals surface area contributed by atoms with Gasteiger partial charge in [0.15, 0.2) is 18.1 Å². The van der Waals surface area contributed by atoms with Gasteiger partial charge in [-0.25, -0.2) is 9.36 Å². The molecule has 2 aliphatic heterocycles. The minimum absolute atomic E-state index is 0.0172. The molecule has 1 saturated carbocycles. The minimum atomic E-state index is -4.76. The van der Waals surface area contributed by atoms with Gasteiger partial charge < -0.3 is 29.4 Å². The summed E-state index contributed by atoms with van der Waals surface area (Å²) in [5.74, 6) is 0.814. The van der Waals surface area contributed by atoms with Crippen LogP contribution in [0.25, 0.3) is 0 Å². The topological polar surface area (TPSA) is 120 Å². The van der Waals surface area contributed by atoms with E-state index in [1.54, 1.807) is 45.0 Å². The number of aryl methyl sites for hydroxylation is 1. The molecule has 10 nitrogen and oxygen atoms in total. The lowest BCUT2D eigenvalue weighted by atomic mass is 9.84. The van der Waals surface area contributed by atoms with Crippen LogP contribution in [0, 0.1) is 12.8 Å². The van der Waals surface area contributed by atoms with Crippen molar-refractivity contribution in [1.82, 2.24) is 10.6 Å². The summed E-state index contributed by atoms with van der Waals surface area (Å²) in [6, 6.07) is 10.5. The van der Waals surface area contributed by atoms with Crippen molar-refractivity contribution < 1.29 is 45.8 Å². The summed E-state index contributed by atoms with van der Waals surface area (Å²) in [6.45, 7) is 5.32. The molecule has 1 saturated heterocycles. The second kappa shape index (κ2) is 12.5. The van der Waals surface area contributed by atoms with E-state index in [-0.39, 0.29) is 42.8 Å². The zero-order valence-corrected chi connectivity index (χ0v) is 24.9. The number of allylic oxidation sites excluding steroid dienone is 1. The van der Waals surface area contributed by atoms with Gasteiger partial charge in [0, 0.05) is 11.6 Å². The van der Waals surface area contributed by atoms with E-state index >= 15 is 0 Å². The third-order valence-electron chi connectivity index (χ3n) is 6.91. The fraction of sp³-hybridized carbons (Fsp3) is 0.483. The predicted molar refractivity (Wildman–Crippen MR) is 152 cm³/mol. The molecule has 0 radical (unpaired) electrons. The maximum absolute atomic E-state index is 14.4. The van der Waals surface area contributed by atoms with Gasteiger partial charge in [0.05, 0.1) is 18.4 Å². The summed E-state index contributed by atoms with van der Waals surface area (Å²) in [5.41, 5.74) is -2.26. The minimum Gasteiger partial charge on any atom is -0.491 e. The molecule has 3 unspecified atom stereocenters. The van der Waals surface area contributed by atoms with Gasteiger partial charge in [-0.3, -0.25) is 9.84 Å². The SMILES string of the molecule is Cc1cc2c(cc1OCCOC1OC1NCP(=O)(Oc1ccccc1)OC(C)C)NC(=O)N[C@]2(/C=C/C1CC1)C(F)(F)F. The Morgan fingerprint density at radius 1 is 1.19 bits per heavy atom. The third kappa shape index (κ3) is 7.71. The highest BCUT2D eigenvalue weighted by Crippen LogP contribution is 2.49. The summed E-state index contributed by atoms with van der Waals surface area (Å²) in [5, 5.41) is 7.54. The van der Waals surface area contributed by atoms with Gasteiger partial charge in [-0.15, -0.1) is 0 Å². The van der Waals surface area contributed by atoms with Crippen molar-refractivity contribution in [2.45, 2.75) is 63.9 Å². The number of hydrogen-bond donors (Lipinski definition) is 3. The highest BCUT2D eigenvalue weighted by Gasteiger charge is 2.58. The number of carbonyl (C=O) groups is 1. The zero-order valence-electron chi connectivity index (χ0n) is 24.0. The average Bonchev–Trinajstić information content (AvgIpc) is 3.85. The third-order valence-corrected chi connectivity index (χ3v) is 8.71. The van der Waals surface area contributed by atoms with Crippen molar-refractivity contribution in [3.8, 4) is 11.5 Å². The number of para-hydroxylation sites is 1. The van der Waals surface area contributed by atoms with Crippen molar-refractivity contribution in [1.29, 1.82) is 0 Å². The lowest BCUT2D eigenvalue weighted by molar-refractivity contribution is -0.181. The van der Waals surface area contributed by atoms with Gasteiger partial charge in [-0.2, -0.15) is 13.2 Å². The van der Waals surface area contributed by atoms with E-state index in [2.05, 4.69) is 16.0 Å². The summed E-state index contributed by atoms with van der Waals surface area (Å²) in [7, 11) is -3.54. The molecular weight excluding hydrogens is 590 g/mol. The van der Waals surface area contributed by atoms with Crippen LogP contribution >= 0.6 is 7.60 Å². The zero-order chi connectivity index (χ0) is 30.8. The molecule has 2 amide bonds. The number of rotatable bonds is 14. The molecule has 3 N–H and O–H groups in total. The Morgan fingerprint density at radius 2 is 1.93 bits per heavy atom. The molecule has 2 heterocycles. The first kappa shape index (κ1) is 31.3. The largest absolute Gasteiger partial charge is 0.491 e. The Labute approximate surface area is 247 Å². The molecule has 14 heteroatoms. The van der Waals surface area contributed by atoms with Crippen LogP contribution in [0.15, 0.2) is 54.6 Å². The van der Waals surface area contributed by atoms with E-state index in [9.17, 15) is 22.5 Å². The van der Waals surface area contributed by atoms with E-state index in [1.165, 1.54) is 18.2 Å². The standard InChI is InChI=1S/C29H35F3N3O7P/c1-18(2)41-43(37,42-21-7-5-4-6-8-21)17-33-25-26(40-25)39-14-13-38-24-16-23-22(15-19(24)3)28(29(30,31)32,35-27(36)34-23)12-11-20-9-10-20/h4-8,11-12,15-16,18,20,25-26,33H,9-10,13-14,17H2,1-3H3,(H2,34,35,36)/b12-11+/t25?,26?,28-,43?/m0/s1. The number of ether oxygens (including phenoxy) is 3. The number of urea groups is 1. The number of fused-ring (bicyclic) bond motifs is 1. The Morgan fingerprint density at radius 3 is 2.60 bits per heavy atom. The fourth-order valence-corrected chi connectivity index (χ4v) is 6.30. The molecule has 1 aliphatic carbocycles. The van der Waals surface area contributed by atoms with Gasteiger partial charge in [0.1, 0.15) is 24.4 Å². The Hall–Kier alpha value is -3.09. The maximum Gasteiger partial charge on any atom is 0.419 e. The molecule has 0 aromatic heterocycles. The molecule has 3 aliphatic rings. The Balaban J connectivity index is 1.14. The van der Waals surface area contributed by atoms with Gasteiger partial charge in [-0.1, -0.05) is 24.3 Å². The van der Waals surface area contributed by atoms with E-state index < -0.39 is 37.9 Å². The lowest BCUT2D eigenvalue weighted by Crippen LogP contribution is -2.59. The number of anilines is 1. The molecular formula is C29H35F3N3O7P. The predicted octanol–water partition coefficient (Wildman–Crippen LogP) is 6.18. The number of alkyl halides is 3. The summed E-state index contributed by atoms with van der Waals surface area (Å²) < 4.78 is 84.5. The number of halogens is 3. The summed E-state index contributed by atoms with van der Waals surface area (Å²) in [4.78, 5) is 12.3. The summed E-state index contributed by atoms with van der Waals surface area (Å²) >= 11 is 0. The highest BCUT2D eigenvalue weighted by molar-refractivity contribution is 7.54. The molecule has 5 rings (SSSR count). The molecule has 0 bridgehead atoms. The number of nitrogens with one attached hydrogen (secondary N) is 3. The van der Waals surface area contributed by atoms with Crippen molar-refractivity contribution >= 4 is 19.3 Å². The van der Waals surface area contributed by atoms with Crippen molar-refractivity contribution in [2.75, 3.05) is 24.8 Å². The number of amides is 2. The van der Waals surface area contributed by atoms with Gasteiger partial charge in [-0.05, 0) is 69.4 Å². The first-order chi connectivity index (χ1) is 20.4. The van der Waals surface area contributed by atoms with Crippen LogP contribution in [0.1, 0.15) is 37.8 Å². The lowest BCUT2D eigenvalue weighted by Gasteiger charge is -2.39. The van der Waals surface area contributed by atoms with E-state index in [0.29, 0.717) is 17.1 Å². The van der Waals surface area contributed by atoms with E-state index in [0.717, 1.165) is 18.9 Å².